The van der Waals surface area contributed by atoms with Gasteiger partial charge in [-0.2, -0.15) is 0 Å². The van der Waals surface area contributed by atoms with E-state index in [2.05, 4.69) is 10.3 Å². The number of amides is 1. The summed E-state index contributed by atoms with van der Waals surface area (Å²) in [6.07, 6.45) is 1.75. The second-order valence-corrected chi connectivity index (χ2v) is 5.95. The Bertz CT molecular complexity index is 868. The molecule has 3 aromatic rings. The molecule has 0 unspecified atom stereocenters. The van der Waals surface area contributed by atoms with Crippen LogP contribution < -0.4 is 10.2 Å². The zero-order valence-corrected chi connectivity index (χ0v) is 13.9. The number of nitrogens with zero attached hydrogens (tertiary/aromatic N) is 3. The van der Waals surface area contributed by atoms with Crippen LogP contribution in [-0.4, -0.2) is 29.4 Å². The van der Waals surface area contributed by atoms with Crippen molar-refractivity contribution in [2.75, 3.05) is 24.3 Å². The standard InChI is InChI=1S/C17H17ClN4O/c1-11-16(22-9-8-12(18)10-15(22)19-11)17(23)20-13-4-6-14(7-5-13)21(2)3/h4-10H,1-3H3,(H,20,23). The summed E-state index contributed by atoms with van der Waals surface area (Å²) in [6.45, 7) is 1.81. The number of imidazole rings is 1. The normalized spacial score (nSPS) is 10.8. The Morgan fingerprint density at radius 2 is 1.91 bits per heavy atom. The van der Waals surface area contributed by atoms with Gasteiger partial charge in [-0.05, 0) is 37.3 Å². The first-order chi connectivity index (χ1) is 11.0. The highest BCUT2D eigenvalue weighted by molar-refractivity contribution is 6.30. The third-order valence-electron chi connectivity index (χ3n) is 3.62. The number of aryl methyl sites for hydroxylation is 1. The molecule has 0 saturated carbocycles. The zero-order valence-electron chi connectivity index (χ0n) is 13.2. The van der Waals surface area contributed by atoms with Gasteiger partial charge in [0, 0.05) is 42.8 Å². The van der Waals surface area contributed by atoms with E-state index in [0.717, 1.165) is 11.4 Å². The van der Waals surface area contributed by atoms with E-state index < -0.39 is 0 Å². The average molecular weight is 329 g/mol. The van der Waals surface area contributed by atoms with Crippen molar-refractivity contribution in [3.05, 3.63) is 59.0 Å². The van der Waals surface area contributed by atoms with E-state index >= 15 is 0 Å². The number of rotatable bonds is 3. The molecule has 0 bridgehead atoms. The maximum absolute atomic E-state index is 12.6. The van der Waals surface area contributed by atoms with E-state index in [1.165, 1.54) is 0 Å². The van der Waals surface area contributed by atoms with Crippen molar-refractivity contribution in [2.24, 2.45) is 0 Å². The molecule has 0 aliphatic rings. The van der Waals surface area contributed by atoms with E-state index in [1.807, 2.05) is 50.2 Å². The van der Waals surface area contributed by atoms with Crippen molar-refractivity contribution in [1.29, 1.82) is 0 Å². The van der Waals surface area contributed by atoms with Gasteiger partial charge in [0.15, 0.2) is 0 Å². The second-order valence-electron chi connectivity index (χ2n) is 5.51. The molecule has 0 aliphatic carbocycles. The van der Waals surface area contributed by atoms with Crippen LogP contribution in [0.1, 0.15) is 16.2 Å². The van der Waals surface area contributed by atoms with Crippen molar-refractivity contribution in [2.45, 2.75) is 6.92 Å². The van der Waals surface area contributed by atoms with Crippen LogP contribution in [0, 0.1) is 6.92 Å². The molecule has 3 rings (SSSR count). The van der Waals surface area contributed by atoms with Gasteiger partial charge < -0.3 is 10.2 Å². The van der Waals surface area contributed by atoms with Crippen LogP contribution in [0.15, 0.2) is 42.6 Å². The van der Waals surface area contributed by atoms with Crippen LogP contribution in [0.25, 0.3) is 5.65 Å². The second kappa shape index (κ2) is 5.93. The minimum absolute atomic E-state index is 0.199. The van der Waals surface area contributed by atoms with Gasteiger partial charge >= 0.3 is 0 Å². The Labute approximate surface area is 139 Å². The number of nitrogens with one attached hydrogen (secondary N) is 1. The number of pyridine rings is 1. The Balaban J connectivity index is 1.90. The van der Waals surface area contributed by atoms with Crippen molar-refractivity contribution in [3.63, 3.8) is 0 Å². The lowest BCUT2D eigenvalue weighted by Gasteiger charge is -2.13. The SMILES string of the molecule is Cc1nc2cc(Cl)ccn2c1C(=O)Nc1ccc(N(C)C)cc1. The minimum Gasteiger partial charge on any atom is -0.378 e. The lowest BCUT2D eigenvalue weighted by atomic mass is 10.2. The molecule has 23 heavy (non-hydrogen) atoms. The van der Waals surface area contributed by atoms with Crippen molar-refractivity contribution < 1.29 is 4.79 Å². The molecule has 0 atom stereocenters. The predicted octanol–water partition coefficient (Wildman–Crippen LogP) is 3.61. The summed E-state index contributed by atoms with van der Waals surface area (Å²) in [7, 11) is 3.95. The van der Waals surface area contributed by atoms with Gasteiger partial charge in [-0.25, -0.2) is 4.98 Å². The Morgan fingerprint density at radius 1 is 1.22 bits per heavy atom. The largest absolute Gasteiger partial charge is 0.378 e. The van der Waals surface area contributed by atoms with E-state index in [4.69, 9.17) is 11.6 Å². The summed E-state index contributed by atoms with van der Waals surface area (Å²) in [5.41, 5.74) is 3.64. The smallest absolute Gasteiger partial charge is 0.274 e. The number of anilines is 2. The predicted molar refractivity (Wildman–Crippen MR) is 93.7 cm³/mol. The van der Waals surface area contributed by atoms with Gasteiger partial charge in [-0.3, -0.25) is 9.20 Å². The Morgan fingerprint density at radius 3 is 2.57 bits per heavy atom. The molecule has 118 valence electrons. The summed E-state index contributed by atoms with van der Waals surface area (Å²) < 4.78 is 1.74. The molecule has 1 aromatic carbocycles. The number of benzene rings is 1. The molecular weight excluding hydrogens is 312 g/mol. The van der Waals surface area contributed by atoms with Crippen LogP contribution in [-0.2, 0) is 0 Å². The van der Waals surface area contributed by atoms with Crippen LogP contribution in [0.3, 0.4) is 0 Å². The highest BCUT2D eigenvalue weighted by atomic mass is 35.5. The van der Waals surface area contributed by atoms with E-state index in [9.17, 15) is 4.79 Å². The lowest BCUT2D eigenvalue weighted by molar-refractivity contribution is 0.102. The van der Waals surface area contributed by atoms with Crippen molar-refractivity contribution >= 4 is 34.5 Å². The first kappa shape index (κ1) is 15.4. The zero-order chi connectivity index (χ0) is 16.6. The first-order valence-corrected chi connectivity index (χ1v) is 7.56. The number of aromatic nitrogens is 2. The van der Waals surface area contributed by atoms with Gasteiger partial charge in [-0.15, -0.1) is 0 Å². The lowest BCUT2D eigenvalue weighted by Crippen LogP contribution is -2.15. The van der Waals surface area contributed by atoms with E-state index in [0.29, 0.717) is 22.1 Å². The third-order valence-corrected chi connectivity index (χ3v) is 3.85. The minimum atomic E-state index is -0.199. The number of carbonyl (C=O) groups is 1. The number of carbonyl (C=O) groups excluding carboxylic acids is 1. The quantitative estimate of drug-likeness (QED) is 0.799. The van der Waals surface area contributed by atoms with Gasteiger partial charge in [0.2, 0.25) is 0 Å². The fraction of sp³-hybridized carbons (Fsp3) is 0.176. The first-order valence-electron chi connectivity index (χ1n) is 7.18. The fourth-order valence-corrected chi connectivity index (χ4v) is 2.60. The summed E-state index contributed by atoms with van der Waals surface area (Å²) in [5.74, 6) is -0.199. The Hall–Kier alpha value is -2.53. The van der Waals surface area contributed by atoms with Crippen LogP contribution in [0.2, 0.25) is 5.02 Å². The van der Waals surface area contributed by atoms with Gasteiger partial charge in [-0.1, -0.05) is 11.6 Å². The molecule has 2 heterocycles. The summed E-state index contributed by atoms with van der Waals surface area (Å²) >= 11 is 5.97. The average Bonchev–Trinajstić information content (AvgIpc) is 2.82. The van der Waals surface area contributed by atoms with Crippen LogP contribution >= 0.6 is 11.6 Å². The van der Waals surface area contributed by atoms with E-state index in [1.54, 1.807) is 22.7 Å². The molecule has 0 aliphatic heterocycles. The van der Waals surface area contributed by atoms with Crippen LogP contribution in [0.4, 0.5) is 11.4 Å². The van der Waals surface area contributed by atoms with Crippen LogP contribution in [0.5, 0.6) is 0 Å². The highest BCUT2D eigenvalue weighted by Crippen LogP contribution is 2.19. The highest BCUT2D eigenvalue weighted by Gasteiger charge is 2.16. The molecule has 0 spiro atoms. The molecular formula is C17H17ClN4O. The molecule has 1 amide bonds. The number of halogens is 1. The molecule has 6 heteroatoms. The van der Waals surface area contributed by atoms with Gasteiger partial charge in [0.25, 0.3) is 5.91 Å². The van der Waals surface area contributed by atoms with Gasteiger partial charge in [0.1, 0.15) is 11.3 Å². The molecule has 5 nitrogen and oxygen atoms in total. The number of hydrogen-bond acceptors (Lipinski definition) is 3. The summed E-state index contributed by atoms with van der Waals surface area (Å²) in [5, 5.41) is 3.50. The number of hydrogen-bond donors (Lipinski definition) is 1. The third kappa shape index (κ3) is 3.00. The topological polar surface area (TPSA) is 49.6 Å². The van der Waals surface area contributed by atoms with Crippen molar-refractivity contribution in [1.82, 2.24) is 9.38 Å². The summed E-state index contributed by atoms with van der Waals surface area (Å²) in [4.78, 5) is 19.0. The monoisotopic (exact) mass is 328 g/mol. The fourth-order valence-electron chi connectivity index (χ4n) is 2.44. The Kier molecular flexibility index (Phi) is 3.96. The van der Waals surface area contributed by atoms with Gasteiger partial charge in [0.05, 0.1) is 5.69 Å². The van der Waals surface area contributed by atoms with Crippen molar-refractivity contribution in [3.8, 4) is 0 Å². The van der Waals surface area contributed by atoms with E-state index in [-0.39, 0.29) is 5.91 Å². The molecule has 0 fully saturated rings. The maximum Gasteiger partial charge on any atom is 0.274 e. The molecule has 0 saturated heterocycles. The molecule has 1 N–H and O–H groups in total. The molecule has 0 radical (unpaired) electrons. The number of fused-ring (bicyclic) bond motifs is 1. The maximum atomic E-state index is 12.6. The molecule has 2 aromatic heterocycles. The summed E-state index contributed by atoms with van der Waals surface area (Å²) in [6, 6.07) is 11.1.